The molecule has 0 aliphatic heterocycles. The Labute approximate surface area is 209 Å². The molecule has 1 fully saturated rings. The first kappa shape index (κ1) is 26.0. The molecule has 3 atom stereocenters. The van der Waals surface area contributed by atoms with Crippen molar-refractivity contribution in [3.8, 4) is 0 Å². The molecule has 0 aromatic heterocycles. The van der Waals surface area contributed by atoms with E-state index in [9.17, 15) is 14.4 Å². The van der Waals surface area contributed by atoms with Crippen LogP contribution in [-0.2, 0) is 14.3 Å². The molecule has 0 saturated heterocycles. The lowest BCUT2D eigenvalue weighted by molar-refractivity contribution is -0.119. The van der Waals surface area contributed by atoms with Crippen LogP contribution in [0.5, 0.6) is 0 Å². The zero-order chi connectivity index (χ0) is 24.8. The van der Waals surface area contributed by atoms with Crippen LogP contribution in [0.15, 0.2) is 42.5 Å². The van der Waals surface area contributed by atoms with Crippen molar-refractivity contribution >= 4 is 46.7 Å². The van der Waals surface area contributed by atoms with Crippen molar-refractivity contribution in [2.24, 2.45) is 17.8 Å². The van der Waals surface area contributed by atoms with E-state index in [1.165, 1.54) is 18.2 Å². The number of rotatable bonds is 7. The lowest BCUT2D eigenvalue weighted by Crippen LogP contribution is -2.36. The summed E-state index contributed by atoms with van der Waals surface area (Å²) in [6.45, 7) is 5.88. The lowest BCUT2D eigenvalue weighted by Gasteiger charge is -2.36. The highest BCUT2D eigenvalue weighted by Gasteiger charge is 2.34. The van der Waals surface area contributed by atoms with Gasteiger partial charge in [-0.2, -0.15) is 0 Å². The Morgan fingerprint density at radius 1 is 1.03 bits per heavy atom. The highest BCUT2D eigenvalue weighted by molar-refractivity contribution is 6.36. The van der Waals surface area contributed by atoms with Gasteiger partial charge in [0.05, 0.1) is 21.8 Å². The molecule has 0 heterocycles. The Balaban J connectivity index is 1.65. The number of hydrogen-bond donors (Lipinski definition) is 1. The number of esters is 2. The van der Waals surface area contributed by atoms with Gasteiger partial charge in [0.1, 0.15) is 6.10 Å². The van der Waals surface area contributed by atoms with Crippen LogP contribution in [0, 0.1) is 17.8 Å². The zero-order valence-corrected chi connectivity index (χ0v) is 21.0. The van der Waals surface area contributed by atoms with E-state index >= 15 is 0 Å². The van der Waals surface area contributed by atoms with Gasteiger partial charge in [-0.3, -0.25) is 4.79 Å². The molecule has 3 rings (SSSR count). The first-order chi connectivity index (χ1) is 16.2. The van der Waals surface area contributed by atoms with Crippen molar-refractivity contribution in [2.75, 3.05) is 11.9 Å². The Kier molecular flexibility index (Phi) is 8.97. The molecule has 1 N–H and O–H groups in total. The average molecular weight is 506 g/mol. The van der Waals surface area contributed by atoms with Crippen LogP contribution in [0.3, 0.4) is 0 Å². The van der Waals surface area contributed by atoms with Crippen LogP contribution in [0.25, 0.3) is 0 Å². The van der Waals surface area contributed by atoms with Gasteiger partial charge in [0.15, 0.2) is 6.61 Å². The molecule has 1 aliphatic carbocycles. The highest BCUT2D eigenvalue weighted by atomic mass is 35.5. The van der Waals surface area contributed by atoms with Crippen molar-refractivity contribution in [2.45, 2.75) is 46.1 Å². The van der Waals surface area contributed by atoms with Crippen molar-refractivity contribution in [3.63, 3.8) is 0 Å². The molecule has 8 heteroatoms. The molecule has 6 nitrogen and oxygen atoms in total. The second-order valence-electron chi connectivity index (χ2n) is 9.06. The molecule has 2 aromatic carbocycles. The quantitative estimate of drug-likeness (QED) is 0.439. The largest absolute Gasteiger partial charge is 0.458 e. The second-order valence-corrected chi connectivity index (χ2v) is 9.91. The monoisotopic (exact) mass is 505 g/mol. The van der Waals surface area contributed by atoms with Crippen LogP contribution < -0.4 is 5.32 Å². The Bertz CT molecular complexity index is 1060. The van der Waals surface area contributed by atoms with Crippen LogP contribution in [0.1, 0.15) is 60.7 Å². The third kappa shape index (κ3) is 6.73. The minimum atomic E-state index is -0.790. The van der Waals surface area contributed by atoms with Gasteiger partial charge in [-0.05, 0) is 60.9 Å². The van der Waals surface area contributed by atoms with Crippen LogP contribution in [-0.4, -0.2) is 30.6 Å². The molecular formula is C26H29Cl2NO5. The van der Waals surface area contributed by atoms with Crippen LogP contribution in [0.2, 0.25) is 10.0 Å². The van der Waals surface area contributed by atoms with Crippen molar-refractivity contribution < 1.29 is 23.9 Å². The topological polar surface area (TPSA) is 81.7 Å². The zero-order valence-electron chi connectivity index (χ0n) is 19.5. The minimum absolute atomic E-state index is 0.0507. The van der Waals surface area contributed by atoms with E-state index in [2.05, 4.69) is 26.1 Å². The predicted molar refractivity (Wildman–Crippen MR) is 132 cm³/mol. The fraction of sp³-hybridized carbons (Fsp3) is 0.423. The highest BCUT2D eigenvalue weighted by Crippen LogP contribution is 2.36. The van der Waals surface area contributed by atoms with Crippen LogP contribution >= 0.6 is 23.2 Å². The maximum atomic E-state index is 13.0. The van der Waals surface area contributed by atoms with E-state index in [1.807, 2.05) is 0 Å². The Hall–Kier alpha value is -2.57. The number of anilines is 1. The molecule has 0 bridgehead atoms. The number of carbonyl (C=O) groups excluding carboxylic acids is 3. The summed E-state index contributed by atoms with van der Waals surface area (Å²) in [5, 5.41) is 3.25. The number of benzene rings is 2. The van der Waals surface area contributed by atoms with Crippen LogP contribution in [0.4, 0.5) is 5.69 Å². The average Bonchev–Trinajstić information content (AvgIpc) is 2.79. The van der Waals surface area contributed by atoms with Gasteiger partial charge in [0.2, 0.25) is 0 Å². The third-order valence-corrected chi connectivity index (χ3v) is 6.67. The Morgan fingerprint density at radius 3 is 2.35 bits per heavy atom. The molecule has 0 radical (unpaired) electrons. The predicted octanol–water partition coefficient (Wildman–Crippen LogP) is 6.41. The smallest absolute Gasteiger partial charge is 0.339 e. The summed E-state index contributed by atoms with van der Waals surface area (Å²) in [6.07, 6.45) is 2.72. The van der Waals surface area contributed by atoms with Gasteiger partial charge in [0.25, 0.3) is 5.91 Å². The van der Waals surface area contributed by atoms with E-state index in [4.69, 9.17) is 32.7 Å². The molecule has 0 spiro atoms. The van der Waals surface area contributed by atoms with Gasteiger partial charge in [0, 0.05) is 5.02 Å². The normalized spacial score (nSPS) is 20.0. The molecule has 1 saturated carbocycles. The van der Waals surface area contributed by atoms with Gasteiger partial charge in [-0.1, -0.05) is 62.5 Å². The van der Waals surface area contributed by atoms with E-state index in [-0.39, 0.29) is 28.2 Å². The standard InChI is InChI=1S/C26H29Cl2NO5/c1-15(2)18-10-8-16(3)12-23(18)34-26(32)20-7-5-4-6-19(20)25(31)33-14-24(30)29-22-11-9-17(27)13-21(22)28/h4-7,9,11,13,15-16,18,23H,8,10,12,14H2,1-3H3,(H,29,30)/t16-,18-,23+/m1/s1. The van der Waals surface area contributed by atoms with Gasteiger partial charge in [-0.15, -0.1) is 0 Å². The first-order valence-electron chi connectivity index (χ1n) is 11.4. The SMILES string of the molecule is CC(C)[C@H]1CC[C@@H](C)C[C@@H]1OC(=O)c1ccccc1C(=O)OCC(=O)Nc1ccc(Cl)cc1Cl. The minimum Gasteiger partial charge on any atom is -0.458 e. The summed E-state index contributed by atoms with van der Waals surface area (Å²) in [5.74, 6) is -0.785. The summed E-state index contributed by atoms with van der Waals surface area (Å²) in [7, 11) is 0. The van der Waals surface area contributed by atoms with Gasteiger partial charge in [-0.25, -0.2) is 9.59 Å². The maximum Gasteiger partial charge on any atom is 0.339 e. The van der Waals surface area contributed by atoms with E-state index in [0.717, 1.165) is 19.3 Å². The number of nitrogens with one attached hydrogen (secondary N) is 1. The summed E-state index contributed by atoms with van der Waals surface area (Å²) >= 11 is 11.9. The molecule has 34 heavy (non-hydrogen) atoms. The molecule has 1 amide bonds. The fourth-order valence-electron chi connectivity index (χ4n) is 4.28. The number of ether oxygens (including phenoxy) is 2. The summed E-state index contributed by atoms with van der Waals surface area (Å²) in [4.78, 5) is 38.0. The second kappa shape index (κ2) is 11.7. The summed E-state index contributed by atoms with van der Waals surface area (Å²) < 4.78 is 11.0. The van der Waals surface area contributed by atoms with E-state index < -0.39 is 24.5 Å². The molecule has 1 aliphatic rings. The first-order valence-corrected chi connectivity index (χ1v) is 12.1. The lowest BCUT2D eigenvalue weighted by atomic mass is 9.75. The van der Waals surface area contributed by atoms with Crippen molar-refractivity contribution in [1.82, 2.24) is 0 Å². The van der Waals surface area contributed by atoms with Crippen molar-refractivity contribution in [1.29, 1.82) is 0 Å². The molecule has 2 aromatic rings. The summed E-state index contributed by atoms with van der Waals surface area (Å²) in [5.41, 5.74) is 0.515. The third-order valence-electron chi connectivity index (χ3n) is 6.13. The Morgan fingerprint density at radius 2 is 1.71 bits per heavy atom. The molecule has 0 unspecified atom stereocenters. The van der Waals surface area contributed by atoms with Gasteiger partial charge >= 0.3 is 11.9 Å². The summed E-state index contributed by atoms with van der Waals surface area (Å²) in [6, 6.07) is 10.9. The number of halogens is 2. The van der Waals surface area contributed by atoms with Gasteiger partial charge < -0.3 is 14.8 Å². The van der Waals surface area contributed by atoms with E-state index in [0.29, 0.717) is 22.5 Å². The number of carbonyl (C=O) groups is 3. The van der Waals surface area contributed by atoms with E-state index in [1.54, 1.807) is 24.3 Å². The maximum absolute atomic E-state index is 13.0. The number of hydrogen-bond acceptors (Lipinski definition) is 5. The van der Waals surface area contributed by atoms with Crippen molar-refractivity contribution in [3.05, 3.63) is 63.6 Å². The molecule has 182 valence electrons. The molecular weight excluding hydrogens is 477 g/mol. The fourth-order valence-corrected chi connectivity index (χ4v) is 4.73. The number of amides is 1.